The third-order valence-electron chi connectivity index (χ3n) is 6.98. The van der Waals surface area contributed by atoms with Crippen LogP contribution >= 0.6 is 11.6 Å². The normalized spacial score (nSPS) is 22.5. The maximum Gasteiger partial charge on any atom is 0.253 e. The summed E-state index contributed by atoms with van der Waals surface area (Å²) in [6, 6.07) is 16.2. The summed E-state index contributed by atoms with van der Waals surface area (Å²) in [6.07, 6.45) is 2.79. The van der Waals surface area contributed by atoms with Crippen molar-refractivity contribution in [1.29, 1.82) is 0 Å². The molecule has 0 radical (unpaired) electrons. The first-order valence-electron chi connectivity index (χ1n) is 12.6. The first-order valence-corrected chi connectivity index (χ1v) is 13.0. The first kappa shape index (κ1) is 25.7. The minimum Gasteiger partial charge on any atom is -0.373 e. The summed E-state index contributed by atoms with van der Waals surface area (Å²) in [5.41, 5.74) is 1.32. The van der Waals surface area contributed by atoms with Gasteiger partial charge in [-0.15, -0.1) is 0 Å². The number of ether oxygens (including phenoxy) is 1. The molecule has 2 heterocycles. The van der Waals surface area contributed by atoms with E-state index < -0.39 is 6.04 Å². The number of likely N-dealkylation sites (tertiary alicyclic amines) is 1. The van der Waals surface area contributed by atoms with Crippen molar-refractivity contribution in [3.63, 3.8) is 0 Å². The molecule has 0 bridgehead atoms. The molecule has 7 heteroatoms. The molecule has 4 rings (SSSR count). The van der Waals surface area contributed by atoms with Gasteiger partial charge in [-0.2, -0.15) is 0 Å². The van der Waals surface area contributed by atoms with Gasteiger partial charge in [-0.3, -0.25) is 14.5 Å². The average molecular weight is 498 g/mol. The average Bonchev–Trinajstić information content (AvgIpc) is 2.84. The number of benzene rings is 2. The maximum absolute atomic E-state index is 13.3. The SMILES string of the molecule is CC1CN(CC2CCN(C(=O)CC(NC(=O)c3ccccc3Cl)c3ccccc3)CC2)CC(C)O1. The number of morpholine rings is 1. The number of carbonyl (C=O) groups excluding carboxylic acids is 2. The van der Waals surface area contributed by atoms with Gasteiger partial charge in [-0.25, -0.2) is 0 Å². The van der Waals surface area contributed by atoms with E-state index in [-0.39, 0.29) is 30.4 Å². The zero-order valence-electron chi connectivity index (χ0n) is 20.7. The smallest absolute Gasteiger partial charge is 0.253 e. The fourth-order valence-corrected chi connectivity index (χ4v) is 5.51. The van der Waals surface area contributed by atoms with Crippen LogP contribution in [0.2, 0.25) is 5.02 Å². The Morgan fingerprint density at radius 2 is 1.63 bits per heavy atom. The maximum atomic E-state index is 13.3. The zero-order chi connectivity index (χ0) is 24.8. The van der Waals surface area contributed by atoms with Crippen molar-refractivity contribution >= 4 is 23.4 Å². The number of halogens is 1. The van der Waals surface area contributed by atoms with Gasteiger partial charge in [0.2, 0.25) is 5.91 Å². The Morgan fingerprint density at radius 3 is 2.29 bits per heavy atom. The highest BCUT2D eigenvalue weighted by Crippen LogP contribution is 2.25. The van der Waals surface area contributed by atoms with Crippen LogP contribution in [0.25, 0.3) is 0 Å². The molecule has 2 aromatic rings. The summed E-state index contributed by atoms with van der Waals surface area (Å²) in [5, 5.41) is 3.44. The van der Waals surface area contributed by atoms with Crippen molar-refractivity contribution in [1.82, 2.24) is 15.1 Å². The number of carbonyl (C=O) groups is 2. The lowest BCUT2D eigenvalue weighted by molar-refractivity contribution is -0.133. The van der Waals surface area contributed by atoms with E-state index in [9.17, 15) is 9.59 Å². The summed E-state index contributed by atoms with van der Waals surface area (Å²) >= 11 is 6.23. The number of rotatable bonds is 7. The number of piperidine rings is 1. The monoisotopic (exact) mass is 497 g/mol. The summed E-state index contributed by atoms with van der Waals surface area (Å²) < 4.78 is 5.86. The van der Waals surface area contributed by atoms with Crippen LogP contribution in [0.4, 0.5) is 0 Å². The van der Waals surface area contributed by atoms with Gasteiger partial charge in [0, 0.05) is 32.7 Å². The van der Waals surface area contributed by atoms with Crippen LogP contribution in [0.1, 0.15) is 55.1 Å². The Kier molecular flexibility index (Phi) is 8.82. The van der Waals surface area contributed by atoms with E-state index in [1.807, 2.05) is 35.2 Å². The molecule has 188 valence electrons. The van der Waals surface area contributed by atoms with Crippen molar-refractivity contribution in [2.75, 3.05) is 32.7 Å². The molecule has 0 aromatic heterocycles. The second-order valence-electron chi connectivity index (χ2n) is 9.92. The number of hydrogen-bond donors (Lipinski definition) is 1. The minimum atomic E-state index is -0.415. The molecule has 2 aliphatic rings. The molecule has 2 fully saturated rings. The second-order valence-corrected chi connectivity index (χ2v) is 10.3. The molecule has 2 amide bonds. The molecule has 1 N–H and O–H groups in total. The van der Waals surface area contributed by atoms with Gasteiger partial charge < -0.3 is 15.0 Å². The van der Waals surface area contributed by atoms with Gasteiger partial charge in [0.25, 0.3) is 5.91 Å². The Bertz CT molecular complexity index is 984. The van der Waals surface area contributed by atoms with Gasteiger partial charge in [0.05, 0.1) is 35.3 Å². The molecule has 0 saturated carbocycles. The highest BCUT2D eigenvalue weighted by Gasteiger charge is 2.29. The molecule has 35 heavy (non-hydrogen) atoms. The van der Waals surface area contributed by atoms with Crippen molar-refractivity contribution in [3.05, 3.63) is 70.7 Å². The summed E-state index contributed by atoms with van der Waals surface area (Å²) in [7, 11) is 0. The quantitative estimate of drug-likeness (QED) is 0.609. The topological polar surface area (TPSA) is 61.9 Å². The number of hydrogen-bond acceptors (Lipinski definition) is 4. The van der Waals surface area contributed by atoms with Crippen molar-refractivity contribution in [2.24, 2.45) is 5.92 Å². The molecular formula is C28H36ClN3O3. The molecule has 0 aliphatic carbocycles. The van der Waals surface area contributed by atoms with Crippen molar-refractivity contribution in [2.45, 2.75) is 51.4 Å². The van der Waals surface area contributed by atoms with Crippen LogP contribution in [-0.2, 0) is 9.53 Å². The second kappa shape index (κ2) is 12.0. The number of amides is 2. The Hall–Kier alpha value is -2.41. The summed E-state index contributed by atoms with van der Waals surface area (Å²) in [6.45, 7) is 8.83. The van der Waals surface area contributed by atoms with Gasteiger partial charge in [0.15, 0.2) is 0 Å². The van der Waals surface area contributed by atoms with Gasteiger partial charge in [-0.1, -0.05) is 54.1 Å². The predicted octanol–water partition coefficient (Wildman–Crippen LogP) is 4.55. The van der Waals surface area contributed by atoms with E-state index in [1.165, 1.54) is 0 Å². The first-order chi connectivity index (χ1) is 16.9. The van der Waals surface area contributed by atoms with E-state index >= 15 is 0 Å². The van der Waals surface area contributed by atoms with Gasteiger partial charge in [-0.05, 0) is 50.3 Å². The van der Waals surface area contributed by atoms with E-state index in [1.54, 1.807) is 24.3 Å². The standard InChI is InChI=1S/C28H36ClN3O3/c1-20-17-31(18-21(2)35-20)19-22-12-14-32(15-13-22)27(33)16-26(23-8-4-3-5-9-23)30-28(34)24-10-6-7-11-25(24)29/h3-11,20-22,26H,12-19H2,1-2H3,(H,30,34). The fraction of sp³-hybridized carbons (Fsp3) is 0.500. The van der Waals surface area contributed by atoms with Crippen LogP contribution in [0, 0.1) is 5.92 Å². The van der Waals surface area contributed by atoms with Crippen LogP contribution in [0.3, 0.4) is 0 Å². The molecule has 2 aliphatic heterocycles. The van der Waals surface area contributed by atoms with Crippen LogP contribution in [-0.4, -0.2) is 66.5 Å². The fourth-order valence-electron chi connectivity index (χ4n) is 5.29. The molecule has 0 spiro atoms. The van der Waals surface area contributed by atoms with E-state index in [0.29, 0.717) is 16.5 Å². The summed E-state index contributed by atoms with van der Waals surface area (Å²) in [4.78, 5) is 30.7. The Balaban J connectivity index is 1.34. The van der Waals surface area contributed by atoms with Crippen LogP contribution in [0.5, 0.6) is 0 Å². The third-order valence-corrected chi connectivity index (χ3v) is 7.31. The Labute approximate surface area is 213 Å². The van der Waals surface area contributed by atoms with E-state index in [4.69, 9.17) is 16.3 Å². The highest BCUT2D eigenvalue weighted by molar-refractivity contribution is 6.33. The van der Waals surface area contributed by atoms with Crippen LogP contribution < -0.4 is 5.32 Å². The van der Waals surface area contributed by atoms with Gasteiger partial charge >= 0.3 is 0 Å². The lowest BCUT2D eigenvalue weighted by Gasteiger charge is -2.39. The molecule has 3 atom stereocenters. The van der Waals surface area contributed by atoms with E-state index in [2.05, 4.69) is 24.1 Å². The predicted molar refractivity (Wildman–Crippen MR) is 138 cm³/mol. The van der Waals surface area contributed by atoms with E-state index in [0.717, 1.165) is 51.1 Å². The largest absolute Gasteiger partial charge is 0.373 e. The lowest BCUT2D eigenvalue weighted by atomic mass is 9.94. The molecule has 3 unspecified atom stereocenters. The molecule has 6 nitrogen and oxygen atoms in total. The highest BCUT2D eigenvalue weighted by atomic mass is 35.5. The molecular weight excluding hydrogens is 462 g/mol. The third kappa shape index (κ3) is 7.06. The molecule has 2 aromatic carbocycles. The van der Waals surface area contributed by atoms with Crippen LogP contribution in [0.15, 0.2) is 54.6 Å². The molecule has 2 saturated heterocycles. The number of nitrogens with zero attached hydrogens (tertiary/aromatic N) is 2. The minimum absolute atomic E-state index is 0.0744. The lowest BCUT2D eigenvalue weighted by Crippen LogP contribution is -2.49. The van der Waals surface area contributed by atoms with Crippen molar-refractivity contribution < 1.29 is 14.3 Å². The zero-order valence-corrected chi connectivity index (χ0v) is 21.4. The Morgan fingerprint density at radius 1 is 1.00 bits per heavy atom. The van der Waals surface area contributed by atoms with Crippen molar-refractivity contribution in [3.8, 4) is 0 Å². The van der Waals surface area contributed by atoms with Gasteiger partial charge in [0.1, 0.15) is 0 Å². The summed E-state index contributed by atoms with van der Waals surface area (Å²) in [5.74, 6) is 0.400. The number of nitrogens with one attached hydrogen (secondary N) is 1.